The van der Waals surface area contributed by atoms with Crippen LogP contribution in [-0.2, 0) is 21.2 Å². The highest BCUT2D eigenvalue weighted by Crippen LogP contribution is 2.30. The highest BCUT2D eigenvalue weighted by atomic mass is 32.2. The number of benzene rings is 1. The van der Waals surface area contributed by atoms with Crippen LogP contribution in [0, 0.1) is 0 Å². The average Bonchev–Trinajstić information content (AvgIpc) is 3.01. The van der Waals surface area contributed by atoms with Crippen molar-refractivity contribution in [3.63, 3.8) is 0 Å². The molecule has 2 aromatic rings. The number of hydrogen-bond acceptors (Lipinski definition) is 5. The summed E-state index contributed by atoms with van der Waals surface area (Å²) in [4.78, 5) is 20.2. The van der Waals surface area contributed by atoms with E-state index in [1.807, 2.05) is 13.1 Å². The Bertz CT molecular complexity index is 1010. The molecule has 1 fully saturated rings. The van der Waals surface area contributed by atoms with Crippen molar-refractivity contribution in [1.82, 2.24) is 4.98 Å². The number of pyridine rings is 1. The lowest BCUT2D eigenvalue weighted by molar-refractivity contribution is -0.117. The largest absolute Gasteiger partial charge is 0.357 e. The maximum absolute atomic E-state index is 12.8. The van der Waals surface area contributed by atoms with Crippen molar-refractivity contribution in [2.75, 3.05) is 28.6 Å². The van der Waals surface area contributed by atoms with Crippen LogP contribution in [0.3, 0.4) is 0 Å². The summed E-state index contributed by atoms with van der Waals surface area (Å²) in [6.07, 6.45) is 7.90. The summed E-state index contributed by atoms with van der Waals surface area (Å²) < 4.78 is 28.2. The number of carbonyl (C=O) groups excluding carboxylic acids is 1. The molecule has 7 nitrogen and oxygen atoms in total. The van der Waals surface area contributed by atoms with E-state index >= 15 is 0 Å². The molecule has 8 heteroatoms. The van der Waals surface area contributed by atoms with Gasteiger partial charge in [0.15, 0.2) is 0 Å². The number of nitrogens with one attached hydrogen (secondary N) is 1. The summed E-state index contributed by atoms with van der Waals surface area (Å²) in [5.41, 5.74) is 1.90. The van der Waals surface area contributed by atoms with E-state index < -0.39 is 10.0 Å². The van der Waals surface area contributed by atoms with E-state index in [9.17, 15) is 13.2 Å². The topological polar surface area (TPSA) is 82.6 Å². The molecule has 0 atom stereocenters. The van der Waals surface area contributed by atoms with E-state index in [0.29, 0.717) is 11.7 Å². The van der Waals surface area contributed by atoms with Gasteiger partial charge in [-0.15, -0.1) is 0 Å². The molecule has 0 bridgehead atoms. The van der Waals surface area contributed by atoms with Gasteiger partial charge in [-0.25, -0.2) is 13.4 Å². The van der Waals surface area contributed by atoms with Crippen molar-refractivity contribution < 1.29 is 13.2 Å². The van der Waals surface area contributed by atoms with E-state index in [2.05, 4.69) is 14.6 Å². The third-order valence-corrected chi connectivity index (χ3v) is 7.30. The number of aromatic nitrogens is 1. The number of carbonyl (C=O) groups is 1. The quantitative estimate of drug-likeness (QED) is 0.813. The Labute approximate surface area is 171 Å². The summed E-state index contributed by atoms with van der Waals surface area (Å²) in [6.45, 7) is 0. The lowest BCUT2D eigenvalue weighted by Gasteiger charge is -2.32. The van der Waals surface area contributed by atoms with Crippen molar-refractivity contribution in [3.8, 4) is 0 Å². The molecular formula is C21H26N4O3S. The molecule has 29 heavy (non-hydrogen) atoms. The van der Waals surface area contributed by atoms with Gasteiger partial charge < -0.3 is 9.80 Å². The van der Waals surface area contributed by atoms with Crippen LogP contribution in [0.25, 0.3) is 0 Å². The Morgan fingerprint density at radius 3 is 2.59 bits per heavy atom. The minimum Gasteiger partial charge on any atom is -0.357 e. The second kappa shape index (κ2) is 7.67. The second-order valence-electron chi connectivity index (χ2n) is 7.83. The Balaban J connectivity index is 1.49. The van der Waals surface area contributed by atoms with Crippen molar-refractivity contribution in [2.24, 2.45) is 0 Å². The molecule has 154 valence electrons. The zero-order valence-electron chi connectivity index (χ0n) is 16.8. The number of nitrogens with zero attached hydrogens (tertiary/aromatic N) is 3. The Morgan fingerprint density at radius 1 is 1.14 bits per heavy atom. The van der Waals surface area contributed by atoms with Gasteiger partial charge in [-0.1, -0.05) is 19.3 Å². The minimum atomic E-state index is -3.76. The lowest BCUT2D eigenvalue weighted by atomic mass is 9.94. The van der Waals surface area contributed by atoms with E-state index in [1.165, 1.54) is 38.2 Å². The van der Waals surface area contributed by atoms with Gasteiger partial charge in [0.05, 0.1) is 23.2 Å². The minimum absolute atomic E-state index is 0.0376. The molecule has 0 radical (unpaired) electrons. The van der Waals surface area contributed by atoms with Crippen LogP contribution in [0.4, 0.5) is 17.2 Å². The van der Waals surface area contributed by atoms with E-state index in [0.717, 1.165) is 17.1 Å². The smallest absolute Gasteiger partial charge is 0.261 e. The number of sulfonamides is 1. The SMILES string of the molecule is CN1C(=O)Cc2cc(S(=O)(=O)Nc3ccc(N(C)C4CCCCC4)nc3)ccc21. The van der Waals surface area contributed by atoms with E-state index in [1.54, 1.807) is 36.3 Å². The van der Waals surface area contributed by atoms with Gasteiger partial charge in [-0.05, 0) is 48.7 Å². The molecular weight excluding hydrogens is 388 g/mol. The molecule has 0 saturated heterocycles. The van der Waals surface area contributed by atoms with Crippen molar-refractivity contribution in [1.29, 1.82) is 0 Å². The fourth-order valence-electron chi connectivity index (χ4n) is 4.14. The summed E-state index contributed by atoms with van der Waals surface area (Å²) in [5.74, 6) is 0.809. The molecule has 4 rings (SSSR count). The standard InChI is InChI=1S/C21H26N4O3S/c1-24(17-6-4-3-5-7-17)20-11-8-16(14-22-20)23-29(27,28)18-9-10-19-15(12-18)13-21(26)25(19)2/h8-12,14,17,23H,3-7,13H2,1-2H3. The van der Waals surface area contributed by atoms with Gasteiger partial charge in [-0.2, -0.15) is 0 Å². The number of likely N-dealkylation sites (N-methyl/N-ethyl adjacent to an activating group) is 1. The molecule has 1 aromatic heterocycles. The first-order valence-electron chi connectivity index (χ1n) is 9.96. The molecule has 1 N–H and O–H groups in total. The third kappa shape index (κ3) is 3.94. The van der Waals surface area contributed by atoms with Crippen LogP contribution >= 0.6 is 0 Å². The van der Waals surface area contributed by atoms with Gasteiger partial charge >= 0.3 is 0 Å². The normalized spacial score (nSPS) is 17.3. The summed E-state index contributed by atoms with van der Waals surface area (Å²) in [6, 6.07) is 8.85. The molecule has 1 aliphatic heterocycles. The summed E-state index contributed by atoms with van der Waals surface area (Å²) >= 11 is 0. The molecule has 1 amide bonds. The third-order valence-electron chi connectivity index (χ3n) is 5.92. The Hall–Kier alpha value is -2.61. The van der Waals surface area contributed by atoms with E-state index in [4.69, 9.17) is 0 Å². The van der Waals surface area contributed by atoms with Crippen molar-refractivity contribution in [3.05, 3.63) is 42.1 Å². The average molecular weight is 415 g/mol. The number of anilines is 3. The van der Waals surface area contributed by atoms with Gasteiger partial charge in [0.1, 0.15) is 5.82 Å². The molecule has 1 saturated carbocycles. The van der Waals surface area contributed by atoms with Crippen molar-refractivity contribution >= 4 is 33.1 Å². The first-order chi connectivity index (χ1) is 13.8. The number of hydrogen-bond donors (Lipinski definition) is 1. The molecule has 2 aliphatic rings. The first-order valence-corrected chi connectivity index (χ1v) is 11.4. The Morgan fingerprint density at radius 2 is 1.90 bits per heavy atom. The molecule has 2 heterocycles. The van der Waals surface area contributed by atoms with Crippen molar-refractivity contribution in [2.45, 2.75) is 49.5 Å². The lowest BCUT2D eigenvalue weighted by Crippen LogP contribution is -2.33. The van der Waals surface area contributed by atoms with Crippen LogP contribution in [0.2, 0.25) is 0 Å². The van der Waals surface area contributed by atoms with Crippen LogP contribution in [0.15, 0.2) is 41.4 Å². The zero-order valence-corrected chi connectivity index (χ0v) is 17.6. The van der Waals surface area contributed by atoms with E-state index in [-0.39, 0.29) is 17.2 Å². The molecule has 0 unspecified atom stereocenters. The monoisotopic (exact) mass is 414 g/mol. The van der Waals surface area contributed by atoms with Gasteiger partial charge in [0.2, 0.25) is 5.91 Å². The van der Waals surface area contributed by atoms with Crippen LogP contribution in [0.5, 0.6) is 0 Å². The summed E-state index contributed by atoms with van der Waals surface area (Å²) in [5, 5.41) is 0. The maximum Gasteiger partial charge on any atom is 0.261 e. The maximum atomic E-state index is 12.8. The zero-order chi connectivity index (χ0) is 20.6. The van der Waals surface area contributed by atoms with Gasteiger partial charge in [-0.3, -0.25) is 9.52 Å². The van der Waals surface area contributed by atoms with Crippen LogP contribution < -0.4 is 14.5 Å². The van der Waals surface area contributed by atoms with Crippen LogP contribution in [0.1, 0.15) is 37.7 Å². The highest BCUT2D eigenvalue weighted by molar-refractivity contribution is 7.92. The number of rotatable bonds is 5. The summed E-state index contributed by atoms with van der Waals surface area (Å²) in [7, 11) is -0.0176. The number of amides is 1. The molecule has 0 spiro atoms. The number of fused-ring (bicyclic) bond motifs is 1. The highest BCUT2D eigenvalue weighted by Gasteiger charge is 2.26. The first kappa shape index (κ1) is 19.7. The fourth-order valence-corrected chi connectivity index (χ4v) is 5.23. The second-order valence-corrected chi connectivity index (χ2v) is 9.52. The Kier molecular flexibility index (Phi) is 5.21. The molecule has 1 aliphatic carbocycles. The predicted molar refractivity (Wildman–Crippen MR) is 114 cm³/mol. The van der Waals surface area contributed by atoms with Crippen LogP contribution in [-0.4, -0.2) is 39.4 Å². The van der Waals surface area contributed by atoms with Gasteiger partial charge in [0.25, 0.3) is 10.0 Å². The fraction of sp³-hybridized carbons (Fsp3) is 0.429. The predicted octanol–water partition coefficient (Wildman–Crippen LogP) is 3.17. The van der Waals surface area contributed by atoms with Gasteiger partial charge in [0, 0.05) is 25.8 Å². The molecule has 1 aromatic carbocycles.